The molecule has 0 unspecified atom stereocenters. The molecule has 1 spiro atoms. The van der Waals surface area contributed by atoms with E-state index in [0.29, 0.717) is 11.1 Å². The average Bonchev–Trinajstić information content (AvgIpc) is 3.50. The molecule has 2 aliphatic carbocycles. The van der Waals surface area contributed by atoms with Gasteiger partial charge in [-0.2, -0.15) is 0 Å². The van der Waals surface area contributed by atoms with Gasteiger partial charge in [-0.15, -0.1) is 0 Å². The Morgan fingerprint density at radius 3 is 2.41 bits per heavy atom. The van der Waals surface area contributed by atoms with Crippen molar-refractivity contribution >= 4 is 17.9 Å². The maximum atomic E-state index is 14.1. The number of rotatable bonds is 2. The molecule has 4 fully saturated rings. The topological polar surface area (TPSA) is 161 Å². The summed E-state index contributed by atoms with van der Waals surface area (Å²) in [6.07, 6.45) is -1.55. The fraction of sp³-hybridized carbons (Fsp3) is 0.731. The normalized spacial score (nSPS) is 51.5. The number of aliphatic hydroxyl groups excluding tert-OH is 2. The van der Waals surface area contributed by atoms with E-state index in [1.807, 2.05) is 0 Å². The summed E-state index contributed by atoms with van der Waals surface area (Å²) < 4.78 is 28.4. The molecule has 4 heterocycles. The lowest BCUT2D eigenvalue weighted by Crippen LogP contribution is -2.75. The van der Waals surface area contributed by atoms with E-state index in [-0.39, 0.29) is 13.0 Å². The molecule has 10 atom stereocenters. The number of methoxy groups -OCH3 is 1. The Balaban J connectivity index is 1.73. The number of epoxide rings is 1. The lowest BCUT2D eigenvalue weighted by molar-refractivity contribution is -0.339. The smallest absolute Gasteiger partial charge is 0.332 e. The average molecular weight is 521 g/mol. The van der Waals surface area contributed by atoms with Crippen molar-refractivity contribution in [2.75, 3.05) is 13.7 Å². The van der Waals surface area contributed by atoms with Gasteiger partial charge in [0.1, 0.15) is 22.7 Å². The maximum Gasteiger partial charge on any atom is 0.332 e. The Bertz CT molecular complexity index is 1200. The highest BCUT2D eigenvalue weighted by molar-refractivity contribution is 5.89. The molecule has 1 saturated carbocycles. The first-order valence-corrected chi connectivity index (χ1v) is 12.5. The Morgan fingerprint density at radius 2 is 1.84 bits per heavy atom. The molecule has 0 amide bonds. The molecule has 0 aromatic carbocycles. The molecule has 3 saturated heterocycles. The third-order valence-electron chi connectivity index (χ3n) is 10.2. The van der Waals surface area contributed by atoms with Crippen LogP contribution < -0.4 is 0 Å². The van der Waals surface area contributed by atoms with Crippen molar-refractivity contribution in [3.63, 3.8) is 0 Å². The minimum atomic E-state index is -2.61. The van der Waals surface area contributed by atoms with Gasteiger partial charge in [-0.25, -0.2) is 4.79 Å². The largest absolute Gasteiger partial charge is 0.468 e. The van der Waals surface area contributed by atoms with Crippen LogP contribution in [0.15, 0.2) is 23.3 Å². The van der Waals surface area contributed by atoms with Gasteiger partial charge in [0.15, 0.2) is 0 Å². The van der Waals surface area contributed by atoms with Crippen molar-refractivity contribution in [3.05, 3.63) is 23.3 Å². The predicted octanol–water partition coefficient (Wildman–Crippen LogP) is 0.109. The third kappa shape index (κ3) is 2.44. The van der Waals surface area contributed by atoms with E-state index in [2.05, 4.69) is 0 Å². The van der Waals surface area contributed by atoms with Crippen LogP contribution in [0.4, 0.5) is 0 Å². The van der Waals surface area contributed by atoms with Crippen LogP contribution in [0.25, 0.3) is 0 Å². The summed E-state index contributed by atoms with van der Waals surface area (Å²) in [5.74, 6) is -6.71. The molecule has 3 N–H and O–H groups in total. The van der Waals surface area contributed by atoms with Crippen molar-refractivity contribution in [3.8, 4) is 0 Å². The van der Waals surface area contributed by atoms with Crippen LogP contribution in [-0.2, 0) is 38.1 Å². The van der Waals surface area contributed by atoms with Crippen molar-refractivity contribution in [1.29, 1.82) is 0 Å². The molecule has 0 aromatic rings. The lowest BCUT2D eigenvalue weighted by Gasteiger charge is -2.63. The number of carbonyl (C=O) groups is 3. The molecule has 0 radical (unpaired) electrons. The zero-order valence-electron chi connectivity index (χ0n) is 21.6. The molecule has 0 bridgehead atoms. The number of ether oxygens (including phenoxy) is 5. The van der Waals surface area contributed by atoms with E-state index in [1.54, 1.807) is 27.7 Å². The Morgan fingerprint density at radius 1 is 1.19 bits per heavy atom. The molecule has 6 rings (SSSR count). The monoisotopic (exact) mass is 520 g/mol. The van der Waals surface area contributed by atoms with Gasteiger partial charge >= 0.3 is 17.9 Å². The molecule has 0 aromatic heterocycles. The fourth-order valence-corrected chi connectivity index (χ4v) is 8.46. The molecular formula is C26H32O11. The number of fused-ring (bicyclic) bond motifs is 5. The van der Waals surface area contributed by atoms with Crippen LogP contribution in [0.3, 0.4) is 0 Å². The van der Waals surface area contributed by atoms with Crippen LogP contribution in [0, 0.1) is 28.1 Å². The molecule has 37 heavy (non-hydrogen) atoms. The third-order valence-corrected chi connectivity index (χ3v) is 10.2. The van der Waals surface area contributed by atoms with Crippen molar-refractivity contribution in [1.82, 2.24) is 0 Å². The van der Waals surface area contributed by atoms with Gasteiger partial charge in [0.25, 0.3) is 0 Å². The lowest BCUT2D eigenvalue weighted by atomic mass is 9.38. The molecule has 11 heteroatoms. The summed E-state index contributed by atoms with van der Waals surface area (Å²) in [4.78, 5) is 40.1. The van der Waals surface area contributed by atoms with E-state index < -0.39 is 81.5 Å². The van der Waals surface area contributed by atoms with E-state index in [1.165, 1.54) is 19.1 Å². The molecular weight excluding hydrogens is 488 g/mol. The standard InChI is InChI=1S/C26H32O11/c1-11(27)26(32)25(20(31)33-6)17-18(37-26)35-19(30)22(17,4)9-14-23(25,5)15(28)7-12-13(24(14)10-34-24)8-16(29)36-21(12,2)3/h7-8,11,14-15,17-18,27-28,32H,9-10H2,1-6H3/t11-,14+,15+,17+,18+,22+,23+,24-,25-,26-/m0/s1. The van der Waals surface area contributed by atoms with Crippen LogP contribution in [-0.4, -0.2) is 82.4 Å². The van der Waals surface area contributed by atoms with Crippen molar-refractivity contribution in [2.45, 2.75) is 76.5 Å². The maximum absolute atomic E-state index is 14.1. The van der Waals surface area contributed by atoms with E-state index >= 15 is 0 Å². The number of aliphatic hydroxyl groups is 3. The van der Waals surface area contributed by atoms with Gasteiger partial charge in [-0.1, -0.05) is 6.92 Å². The first-order chi connectivity index (χ1) is 17.1. The quantitative estimate of drug-likeness (QED) is 0.257. The summed E-state index contributed by atoms with van der Waals surface area (Å²) >= 11 is 0. The van der Waals surface area contributed by atoms with Crippen LogP contribution in [0.2, 0.25) is 0 Å². The number of carbonyl (C=O) groups excluding carboxylic acids is 3. The van der Waals surface area contributed by atoms with Gasteiger partial charge in [0, 0.05) is 23.0 Å². The SMILES string of the molecule is COC(=O)[C@@]12[C@@H]3[C@H](OC(=O)[C@]3(C)C[C@@H]3[C@]1(C)[C@H](O)C=C1C(=CC(=O)OC1(C)C)[C@@]31CO1)O[C@@]2(O)[C@H](C)O. The number of cyclic esters (lactones) is 1. The van der Waals surface area contributed by atoms with E-state index in [4.69, 9.17) is 23.7 Å². The first kappa shape index (κ1) is 25.0. The van der Waals surface area contributed by atoms with Crippen molar-refractivity contribution in [2.24, 2.45) is 28.1 Å². The second-order valence-electron chi connectivity index (χ2n) is 12.2. The number of hydrogen-bond acceptors (Lipinski definition) is 11. The van der Waals surface area contributed by atoms with Crippen LogP contribution in [0.1, 0.15) is 41.0 Å². The van der Waals surface area contributed by atoms with Crippen LogP contribution in [0.5, 0.6) is 0 Å². The summed E-state index contributed by atoms with van der Waals surface area (Å²) in [6, 6.07) is 0. The van der Waals surface area contributed by atoms with Gasteiger partial charge in [-0.3, -0.25) is 9.59 Å². The molecule has 11 nitrogen and oxygen atoms in total. The highest BCUT2D eigenvalue weighted by Gasteiger charge is 2.91. The molecule has 202 valence electrons. The highest BCUT2D eigenvalue weighted by atomic mass is 16.8. The Kier molecular flexibility index (Phi) is 4.60. The number of esters is 3. The van der Waals surface area contributed by atoms with E-state index in [9.17, 15) is 29.7 Å². The summed E-state index contributed by atoms with van der Waals surface area (Å²) in [5.41, 5.74) is -6.54. The fourth-order valence-electron chi connectivity index (χ4n) is 8.46. The second kappa shape index (κ2) is 6.81. The number of hydrogen-bond donors (Lipinski definition) is 3. The van der Waals surface area contributed by atoms with E-state index in [0.717, 1.165) is 7.11 Å². The minimum absolute atomic E-state index is 0.0898. The Labute approximate surface area is 213 Å². The zero-order chi connectivity index (χ0) is 27.1. The Hall–Kier alpha value is -2.31. The predicted molar refractivity (Wildman–Crippen MR) is 121 cm³/mol. The van der Waals surface area contributed by atoms with Crippen LogP contribution >= 0.6 is 0 Å². The van der Waals surface area contributed by atoms with Gasteiger partial charge in [0.05, 0.1) is 31.2 Å². The molecule has 6 aliphatic rings. The molecule has 4 aliphatic heterocycles. The highest BCUT2D eigenvalue weighted by Crippen LogP contribution is 2.78. The summed E-state index contributed by atoms with van der Waals surface area (Å²) in [7, 11) is 1.14. The zero-order valence-corrected chi connectivity index (χ0v) is 21.6. The van der Waals surface area contributed by atoms with Gasteiger partial charge in [-0.05, 0) is 45.8 Å². The first-order valence-electron chi connectivity index (χ1n) is 12.5. The summed E-state index contributed by atoms with van der Waals surface area (Å²) in [5, 5.41) is 35.1. The summed E-state index contributed by atoms with van der Waals surface area (Å²) in [6.45, 7) is 8.03. The minimum Gasteiger partial charge on any atom is -0.468 e. The van der Waals surface area contributed by atoms with Crippen molar-refractivity contribution < 1.29 is 53.4 Å². The second-order valence-corrected chi connectivity index (χ2v) is 12.2. The van der Waals surface area contributed by atoms with Gasteiger partial charge in [0.2, 0.25) is 12.1 Å². The van der Waals surface area contributed by atoms with Gasteiger partial charge < -0.3 is 39.0 Å².